The minimum atomic E-state index is -0.695. The van der Waals surface area contributed by atoms with Gasteiger partial charge in [0.15, 0.2) is 0 Å². The molecule has 1 atom stereocenters. The van der Waals surface area contributed by atoms with E-state index in [1.165, 1.54) is 11.3 Å². The van der Waals surface area contributed by atoms with Crippen molar-refractivity contribution >= 4 is 29.3 Å². The Labute approximate surface area is 166 Å². The molecule has 2 amide bonds. The number of hydrogen-bond donors (Lipinski definition) is 2. The van der Waals surface area contributed by atoms with Crippen LogP contribution in [0.3, 0.4) is 0 Å². The van der Waals surface area contributed by atoms with Crippen LogP contribution in [0.15, 0.2) is 58.4 Å². The molecule has 7 nitrogen and oxygen atoms in total. The summed E-state index contributed by atoms with van der Waals surface area (Å²) >= 11 is 1.49. The fourth-order valence-corrected chi connectivity index (χ4v) is 3.51. The minimum Gasteiger partial charge on any atom is -0.463 e. The number of hydrogen-bond acceptors (Lipinski definition) is 6. The van der Waals surface area contributed by atoms with E-state index in [-0.39, 0.29) is 30.9 Å². The molecule has 1 aromatic heterocycles. The van der Waals surface area contributed by atoms with Crippen molar-refractivity contribution < 1.29 is 23.9 Å². The van der Waals surface area contributed by atoms with Gasteiger partial charge in [-0.15, -0.1) is 0 Å². The average Bonchev–Trinajstić information content (AvgIpc) is 3.19. The van der Waals surface area contributed by atoms with Gasteiger partial charge in [0.2, 0.25) is 0 Å². The van der Waals surface area contributed by atoms with Gasteiger partial charge in [0.25, 0.3) is 0 Å². The summed E-state index contributed by atoms with van der Waals surface area (Å²) in [4.78, 5) is 36.8. The second-order valence-corrected chi connectivity index (χ2v) is 6.80. The van der Waals surface area contributed by atoms with Gasteiger partial charge in [-0.05, 0) is 34.9 Å². The lowest BCUT2D eigenvalue weighted by Crippen LogP contribution is -2.47. The van der Waals surface area contributed by atoms with Crippen LogP contribution in [0.1, 0.15) is 24.1 Å². The number of nitrogens with one attached hydrogen (secondary N) is 2. The van der Waals surface area contributed by atoms with Gasteiger partial charge in [0.1, 0.15) is 6.61 Å². The number of carbonyl (C=O) groups excluding carboxylic acids is 3. The fraction of sp³-hybridized carbons (Fsp3) is 0.250. The number of carbonyl (C=O) groups is 3. The van der Waals surface area contributed by atoms with E-state index in [4.69, 9.17) is 9.47 Å². The monoisotopic (exact) mass is 400 g/mol. The number of urea groups is 1. The van der Waals surface area contributed by atoms with Crippen molar-refractivity contribution in [1.82, 2.24) is 10.6 Å². The van der Waals surface area contributed by atoms with Crippen molar-refractivity contribution in [2.45, 2.75) is 19.4 Å². The van der Waals surface area contributed by atoms with Crippen LogP contribution in [0.25, 0.3) is 0 Å². The lowest BCUT2D eigenvalue weighted by molar-refractivity contribution is -0.143. The molecule has 1 aliphatic rings. The molecule has 1 aliphatic heterocycles. The lowest BCUT2D eigenvalue weighted by Gasteiger charge is -2.29. The maximum absolute atomic E-state index is 12.6. The summed E-state index contributed by atoms with van der Waals surface area (Å²) in [6, 6.07) is 9.73. The summed E-state index contributed by atoms with van der Waals surface area (Å²) < 4.78 is 10.5. The quantitative estimate of drug-likeness (QED) is 0.697. The second kappa shape index (κ2) is 9.18. The Morgan fingerprint density at radius 3 is 2.61 bits per heavy atom. The number of rotatable bonds is 7. The number of ether oxygens (including phenoxy) is 2. The molecule has 0 aliphatic carbocycles. The van der Waals surface area contributed by atoms with E-state index in [1.54, 1.807) is 19.1 Å². The molecule has 0 fully saturated rings. The first-order valence-electron chi connectivity index (χ1n) is 8.77. The van der Waals surface area contributed by atoms with Gasteiger partial charge in [0.05, 0.1) is 30.3 Å². The van der Waals surface area contributed by atoms with Gasteiger partial charge in [0, 0.05) is 0 Å². The summed E-state index contributed by atoms with van der Waals surface area (Å²) in [5, 5.41) is 9.04. The third kappa shape index (κ3) is 4.77. The normalized spacial score (nSPS) is 16.2. The molecular weight excluding hydrogens is 380 g/mol. The van der Waals surface area contributed by atoms with E-state index < -0.39 is 24.0 Å². The summed E-state index contributed by atoms with van der Waals surface area (Å²) in [6.07, 6.45) is 0.125. The molecule has 0 bridgehead atoms. The highest BCUT2D eigenvalue weighted by molar-refractivity contribution is 7.08. The molecule has 2 heterocycles. The van der Waals surface area contributed by atoms with Crippen molar-refractivity contribution in [3.05, 3.63) is 69.6 Å². The van der Waals surface area contributed by atoms with E-state index in [0.717, 1.165) is 11.1 Å². The third-order valence-corrected chi connectivity index (χ3v) is 4.82. The number of esters is 2. The first kappa shape index (κ1) is 19.6. The molecule has 0 saturated carbocycles. The van der Waals surface area contributed by atoms with Crippen LogP contribution in [0.5, 0.6) is 0 Å². The summed E-state index contributed by atoms with van der Waals surface area (Å²) in [6.45, 7) is 1.66. The van der Waals surface area contributed by atoms with Crippen molar-refractivity contribution in [2.75, 3.05) is 13.2 Å². The van der Waals surface area contributed by atoms with Crippen molar-refractivity contribution in [1.29, 1.82) is 0 Å². The van der Waals surface area contributed by atoms with Gasteiger partial charge in [-0.1, -0.05) is 30.3 Å². The van der Waals surface area contributed by atoms with Crippen molar-refractivity contribution in [3.8, 4) is 0 Å². The molecule has 0 saturated heterocycles. The highest BCUT2D eigenvalue weighted by Crippen LogP contribution is 2.27. The maximum atomic E-state index is 12.6. The van der Waals surface area contributed by atoms with Gasteiger partial charge in [-0.2, -0.15) is 11.3 Å². The molecule has 0 spiro atoms. The Morgan fingerprint density at radius 2 is 1.93 bits per heavy atom. The van der Waals surface area contributed by atoms with Crippen molar-refractivity contribution in [2.24, 2.45) is 0 Å². The van der Waals surface area contributed by atoms with Crippen LogP contribution in [0.4, 0.5) is 4.79 Å². The zero-order valence-electron chi connectivity index (χ0n) is 15.3. The van der Waals surface area contributed by atoms with E-state index in [9.17, 15) is 14.4 Å². The Balaban J connectivity index is 1.84. The molecule has 2 N–H and O–H groups in total. The SMILES string of the molecule is CCOC(=O)C1=C(COC(=O)Cc2ccsc2)NC(=O)N[C@H]1c1ccccc1. The molecule has 0 radical (unpaired) electrons. The Kier molecular flexibility index (Phi) is 6.44. The van der Waals surface area contributed by atoms with E-state index in [2.05, 4.69) is 10.6 Å². The van der Waals surface area contributed by atoms with Crippen LogP contribution < -0.4 is 10.6 Å². The van der Waals surface area contributed by atoms with E-state index in [1.807, 2.05) is 35.0 Å². The average molecular weight is 400 g/mol. The van der Waals surface area contributed by atoms with E-state index >= 15 is 0 Å². The molecule has 8 heteroatoms. The number of amides is 2. The second-order valence-electron chi connectivity index (χ2n) is 6.02. The summed E-state index contributed by atoms with van der Waals surface area (Å²) in [7, 11) is 0. The van der Waals surface area contributed by atoms with Gasteiger partial charge < -0.3 is 20.1 Å². The molecule has 1 aromatic carbocycles. The minimum absolute atomic E-state index is 0.125. The molecule has 0 unspecified atom stereocenters. The molecular formula is C20H20N2O5S. The molecule has 28 heavy (non-hydrogen) atoms. The Morgan fingerprint density at radius 1 is 1.14 bits per heavy atom. The first-order valence-corrected chi connectivity index (χ1v) is 9.72. The Bertz CT molecular complexity index is 877. The predicted octanol–water partition coefficient (Wildman–Crippen LogP) is 2.71. The van der Waals surface area contributed by atoms with Crippen LogP contribution in [-0.4, -0.2) is 31.2 Å². The van der Waals surface area contributed by atoms with Crippen LogP contribution in [-0.2, 0) is 25.5 Å². The fourth-order valence-electron chi connectivity index (χ4n) is 2.84. The molecule has 2 aromatic rings. The third-order valence-electron chi connectivity index (χ3n) is 4.09. The van der Waals surface area contributed by atoms with Gasteiger partial charge in [-0.3, -0.25) is 4.79 Å². The van der Waals surface area contributed by atoms with Crippen LogP contribution in [0.2, 0.25) is 0 Å². The first-order chi connectivity index (χ1) is 13.6. The smallest absolute Gasteiger partial charge is 0.338 e. The lowest BCUT2D eigenvalue weighted by atomic mass is 9.95. The zero-order valence-corrected chi connectivity index (χ0v) is 16.1. The zero-order chi connectivity index (χ0) is 19.9. The standard InChI is InChI=1S/C20H20N2O5S/c1-2-26-19(24)17-15(11-27-16(23)10-13-8-9-28-12-13)21-20(25)22-18(17)14-6-4-3-5-7-14/h3-9,12,18H,2,10-11H2,1H3,(H2,21,22,25)/t18-/m0/s1. The largest absolute Gasteiger partial charge is 0.463 e. The summed E-state index contributed by atoms with van der Waals surface area (Å²) in [5.74, 6) is -1.02. The summed E-state index contributed by atoms with van der Waals surface area (Å²) in [5.41, 5.74) is 2.01. The van der Waals surface area contributed by atoms with Gasteiger partial charge in [-0.25, -0.2) is 9.59 Å². The molecule has 146 valence electrons. The van der Waals surface area contributed by atoms with Crippen molar-refractivity contribution in [3.63, 3.8) is 0 Å². The maximum Gasteiger partial charge on any atom is 0.338 e. The van der Waals surface area contributed by atoms with Crippen LogP contribution in [0, 0.1) is 0 Å². The topological polar surface area (TPSA) is 93.7 Å². The number of thiophene rings is 1. The highest BCUT2D eigenvalue weighted by Gasteiger charge is 2.34. The van der Waals surface area contributed by atoms with Crippen LogP contribution >= 0.6 is 11.3 Å². The highest BCUT2D eigenvalue weighted by atomic mass is 32.1. The van der Waals surface area contributed by atoms with E-state index in [0.29, 0.717) is 0 Å². The molecule has 3 rings (SSSR count). The number of benzene rings is 1. The predicted molar refractivity (Wildman–Crippen MR) is 103 cm³/mol. The van der Waals surface area contributed by atoms with Gasteiger partial charge >= 0.3 is 18.0 Å². The Hall–Kier alpha value is -3.13.